The van der Waals surface area contributed by atoms with Gasteiger partial charge in [0.05, 0.1) is 21.9 Å². The Labute approximate surface area is 163 Å². The second-order valence-electron chi connectivity index (χ2n) is 6.13. The molecule has 0 saturated heterocycles. The normalized spacial score (nSPS) is 11.4. The fourth-order valence-corrected chi connectivity index (χ4v) is 5.25. The van der Waals surface area contributed by atoms with Crippen LogP contribution in [0, 0.1) is 0 Å². The minimum atomic E-state index is -2.53. The van der Waals surface area contributed by atoms with Crippen molar-refractivity contribution in [2.75, 3.05) is 18.6 Å². The van der Waals surface area contributed by atoms with E-state index in [0.29, 0.717) is 30.1 Å². The summed E-state index contributed by atoms with van der Waals surface area (Å²) in [6.07, 6.45) is 2.75. The lowest BCUT2D eigenvalue weighted by Crippen LogP contribution is -2.19. The van der Waals surface area contributed by atoms with E-state index in [0.717, 1.165) is 0 Å². The van der Waals surface area contributed by atoms with Crippen molar-refractivity contribution in [3.05, 3.63) is 44.8 Å². The number of H-pyrrole nitrogens is 1. The van der Waals surface area contributed by atoms with E-state index >= 15 is 0 Å². The number of halogens is 1. The Kier molecular flexibility index (Phi) is 6.89. The molecule has 0 spiro atoms. The van der Waals surface area contributed by atoms with Crippen LogP contribution in [-0.2, 0) is 16.8 Å². The second-order valence-corrected chi connectivity index (χ2v) is 9.05. The van der Waals surface area contributed by atoms with Crippen LogP contribution in [0.15, 0.2) is 27.5 Å². The molecule has 0 atom stereocenters. The van der Waals surface area contributed by atoms with Crippen LogP contribution in [0.3, 0.4) is 0 Å². The summed E-state index contributed by atoms with van der Waals surface area (Å²) in [6, 6.07) is 3.03. The molecule has 2 aromatic rings. The maximum Gasteiger partial charge on any atom is 0.277 e. The Morgan fingerprint density at radius 2 is 1.89 bits per heavy atom. The van der Waals surface area contributed by atoms with E-state index in [1.54, 1.807) is 6.07 Å². The van der Waals surface area contributed by atoms with Crippen molar-refractivity contribution in [1.82, 2.24) is 9.78 Å². The van der Waals surface area contributed by atoms with Gasteiger partial charge < -0.3 is 9.84 Å². The highest BCUT2D eigenvalue weighted by molar-refractivity contribution is 7.93. The SMILES string of the molecule is CCCS(=O)(CCC)=Nc1c(OC)ccc(C(=O)c2c[nH]n(C)c2=O)c1Cl. The van der Waals surface area contributed by atoms with Gasteiger partial charge in [-0.2, -0.15) is 4.36 Å². The lowest BCUT2D eigenvalue weighted by atomic mass is 10.1. The maximum atomic E-state index is 13.2. The molecule has 7 nitrogen and oxygen atoms in total. The number of ketones is 1. The van der Waals surface area contributed by atoms with E-state index in [4.69, 9.17) is 16.3 Å². The van der Waals surface area contributed by atoms with Crippen molar-refractivity contribution in [2.24, 2.45) is 11.4 Å². The molecule has 0 aliphatic heterocycles. The summed E-state index contributed by atoms with van der Waals surface area (Å²) < 4.78 is 24.1. The Hall–Kier alpha value is -2.06. The molecule has 148 valence electrons. The van der Waals surface area contributed by atoms with Gasteiger partial charge >= 0.3 is 0 Å². The second kappa shape index (κ2) is 8.75. The summed E-state index contributed by atoms with van der Waals surface area (Å²) in [5, 5.41) is 2.69. The van der Waals surface area contributed by atoms with Gasteiger partial charge in [-0.25, -0.2) is 4.21 Å². The van der Waals surface area contributed by atoms with Crippen LogP contribution < -0.4 is 10.3 Å². The van der Waals surface area contributed by atoms with Gasteiger partial charge in [-0.3, -0.25) is 14.3 Å². The van der Waals surface area contributed by atoms with Crippen LogP contribution in [0.5, 0.6) is 5.75 Å². The highest BCUT2D eigenvalue weighted by Gasteiger charge is 2.23. The first kappa shape index (κ1) is 21.2. The van der Waals surface area contributed by atoms with Crippen molar-refractivity contribution < 1.29 is 13.7 Å². The van der Waals surface area contributed by atoms with Crippen molar-refractivity contribution in [2.45, 2.75) is 26.7 Å². The molecular formula is C18H24ClN3O4S. The van der Waals surface area contributed by atoms with Crippen LogP contribution in [0.2, 0.25) is 5.02 Å². The molecule has 0 amide bonds. The summed E-state index contributed by atoms with van der Waals surface area (Å²) in [6.45, 7) is 3.87. The van der Waals surface area contributed by atoms with E-state index in [1.165, 1.54) is 31.1 Å². The zero-order valence-electron chi connectivity index (χ0n) is 15.9. The van der Waals surface area contributed by atoms with Gasteiger partial charge in [-0.15, -0.1) is 0 Å². The van der Waals surface area contributed by atoms with E-state index in [9.17, 15) is 13.8 Å². The Morgan fingerprint density at radius 3 is 2.37 bits per heavy atom. The van der Waals surface area contributed by atoms with Crippen LogP contribution in [-0.4, -0.2) is 38.4 Å². The van der Waals surface area contributed by atoms with Crippen molar-refractivity contribution in [3.8, 4) is 5.75 Å². The van der Waals surface area contributed by atoms with Gasteiger partial charge in [-0.1, -0.05) is 25.4 Å². The lowest BCUT2D eigenvalue weighted by Gasteiger charge is -2.13. The van der Waals surface area contributed by atoms with E-state index in [2.05, 4.69) is 9.46 Å². The summed E-state index contributed by atoms with van der Waals surface area (Å²) in [5.74, 6) is 0.658. The van der Waals surface area contributed by atoms with E-state index in [1.807, 2.05) is 13.8 Å². The summed E-state index contributed by atoms with van der Waals surface area (Å²) in [5.41, 5.74) is -0.184. The molecule has 2 rings (SSSR count). The topological polar surface area (TPSA) is 93.5 Å². The van der Waals surface area contributed by atoms with Gasteiger partial charge in [-0.05, 0) is 25.0 Å². The first-order valence-corrected chi connectivity index (χ1v) is 10.9. The molecule has 1 aromatic heterocycles. The highest BCUT2D eigenvalue weighted by atomic mass is 35.5. The molecule has 0 fully saturated rings. The first-order chi connectivity index (χ1) is 12.8. The minimum Gasteiger partial charge on any atom is -0.494 e. The number of aryl methyl sites for hydroxylation is 1. The van der Waals surface area contributed by atoms with Crippen molar-refractivity contribution >= 4 is 32.8 Å². The average Bonchev–Trinajstić information content (AvgIpc) is 2.95. The third-order valence-electron chi connectivity index (χ3n) is 4.03. The van der Waals surface area contributed by atoms with Crippen molar-refractivity contribution in [3.63, 3.8) is 0 Å². The first-order valence-electron chi connectivity index (χ1n) is 8.66. The van der Waals surface area contributed by atoms with E-state index < -0.39 is 21.1 Å². The van der Waals surface area contributed by atoms with Crippen LogP contribution >= 0.6 is 11.6 Å². The number of nitrogens with one attached hydrogen (secondary N) is 1. The molecule has 1 aromatic carbocycles. The zero-order valence-corrected chi connectivity index (χ0v) is 17.4. The number of aromatic amines is 1. The molecule has 9 heteroatoms. The standard InChI is InChI=1S/C18H24ClN3O4S/c1-5-9-27(25,10-6-2)21-16-14(26-4)8-7-12(15(16)19)17(23)13-11-20-22(3)18(13)24/h7-8,11,20H,5-6,9-10H2,1-4H3. The van der Waals surface area contributed by atoms with Gasteiger partial charge in [0.15, 0.2) is 0 Å². The van der Waals surface area contributed by atoms with Crippen LogP contribution in [0.4, 0.5) is 5.69 Å². The fraction of sp³-hybridized carbons (Fsp3) is 0.444. The van der Waals surface area contributed by atoms with Crippen LogP contribution in [0.1, 0.15) is 42.6 Å². The van der Waals surface area contributed by atoms with Gasteiger partial charge in [0.1, 0.15) is 17.0 Å². The number of carbonyl (C=O) groups excluding carboxylic acids is 1. The number of rotatable bonds is 8. The number of ether oxygens (including phenoxy) is 1. The third-order valence-corrected chi connectivity index (χ3v) is 7.02. The minimum absolute atomic E-state index is 0.0293. The van der Waals surface area contributed by atoms with Gasteiger partial charge in [0.25, 0.3) is 5.56 Å². The maximum absolute atomic E-state index is 13.2. The zero-order chi connectivity index (χ0) is 20.2. The predicted molar refractivity (Wildman–Crippen MR) is 108 cm³/mol. The molecule has 0 radical (unpaired) electrons. The number of aromatic nitrogens is 2. The highest BCUT2D eigenvalue weighted by Crippen LogP contribution is 2.39. The number of nitrogens with zero attached hydrogens (tertiary/aromatic N) is 2. The van der Waals surface area contributed by atoms with Gasteiger partial charge in [0, 0.05) is 30.3 Å². The number of hydrogen-bond acceptors (Lipinski definition) is 5. The fourth-order valence-electron chi connectivity index (χ4n) is 2.74. The Morgan fingerprint density at radius 1 is 1.26 bits per heavy atom. The molecule has 0 aliphatic rings. The Bertz CT molecular complexity index is 1000. The quantitative estimate of drug-likeness (QED) is 0.670. The van der Waals surface area contributed by atoms with Crippen LogP contribution in [0.25, 0.3) is 0 Å². The molecule has 27 heavy (non-hydrogen) atoms. The largest absolute Gasteiger partial charge is 0.494 e. The molecule has 0 saturated carbocycles. The molecule has 0 bridgehead atoms. The number of carbonyl (C=O) groups is 1. The summed E-state index contributed by atoms with van der Waals surface area (Å²) >= 11 is 6.46. The number of methoxy groups -OCH3 is 1. The third kappa shape index (κ3) is 4.44. The summed E-state index contributed by atoms with van der Waals surface area (Å²) in [4.78, 5) is 24.9. The monoisotopic (exact) mass is 413 g/mol. The van der Waals surface area contributed by atoms with Gasteiger partial charge in [0.2, 0.25) is 5.78 Å². The smallest absolute Gasteiger partial charge is 0.277 e. The molecule has 0 unspecified atom stereocenters. The van der Waals surface area contributed by atoms with E-state index in [-0.39, 0.29) is 21.8 Å². The Balaban J connectivity index is 2.67. The molecule has 1 heterocycles. The number of benzene rings is 1. The predicted octanol–water partition coefficient (Wildman–Crippen LogP) is 3.53. The number of hydrogen-bond donors (Lipinski definition) is 1. The lowest BCUT2D eigenvalue weighted by molar-refractivity contribution is 0.103. The van der Waals surface area contributed by atoms with Crippen molar-refractivity contribution in [1.29, 1.82) is 0 Å². The average molecular weight is 414 g/mol. The molecular weight excluding hydrogens is 390 g/mol. The molecule has 0 aliphatic carbocycles. The summed E-state index contributed by atoms with van der Waals surface area (Å²) in [7, 11) is 0.437. The molecule has 1 N–H and O–H groups in total.